The number of carbonyl (C=O) groups is 1. The van der Waals surface area contributed by atoms with Gasteiger partial charge in [-0.3, -0.25) is 13.9 Å². The van der Waals surface area contributed by atoms with Crippen LogP contribution < -0.4 is 5.69 Å². The largest absolute Gasteiger partial charge is 0.481 e. The summed E-state index contributed by atoms with van der Waals surface area (Å²) in [6, 6.07) is 0. The van der Waals surface area contributed by atoms with Gasteiger partial charge in [0.25, 0.3) is 0 Å². The summed E-state index contributed by atoms with van der Waals surface area (Å²) in [6.07, 6.45) is 7.82. The third-order valence-corrected chi connectivity index (χ3v) is 7.92. The average molecular weight is 528 g/mol. The third-order valence-electron chi connectivity index (χ3n) is 6.13. The standard InChI is InChI=1S/C26H45N3O4S2/c1-7-21(13-9-10-14-22(30)31)24(35-18-12-8-11-16-33-17-15-19(2)3)27-23-20(4)25(34)29(6)26(32)28(23)5/h19,21H,7-18H2,1-6H3,(H,30,31). The minimum absolute atomic E-state index is 0.185. The van der Waals surface area contributed by atoms with Crippen LogP contribution in [0.3, 0.4) is 0 Å². The van der Waals surface area contributed by atoms with Gasteiger partial charge in [-0.25, -0.2) is 9.79 Å². The van der Waals surface area contributed by atoms with E-state index in [0.717, 1.165) is 74.5 Å². The van der Waals surface area contributed by atoms with E-state index in [9.17, 15) is 9.59 Å². The second-order valence-corrected chi connectivity index (χ2v) is 11.1. The van der Waals surface area contributed by atoms with E-state index in [4.69, 9.17) is 27.1 Å². The smallest absolute Gasteiger partial charge is 0.330 e. The molecule has 7 nitrogen and oxygen atoms in total. The van der Waals surface area contributed by atoms with Gasteiger partial charge in [0.2, 0.25) is 0 Å². The van der Waals surface area contributed by atoms with Gasteiger partial charge in [-0.2, -0.15) is 0 Å². The SMILES string of the molecule is CCC(CCCCC(=O)O)C(=Nc1c(C)c(=S)n(C)c(=O)n1C)SCCCCCOCCC(C)C. The summed E-state index contributed by atoms with van der Waals surface area (Å²) in [5, 5.41) is 9.96. The summed E-state index contributed by atoms with van der Waals surface area (Å²) in [7, 11) is 3.42. The number of rotatable bonds is 17. The van der Waals surface area contributed by atoms with Crippen molar-refractivity contribution >= 4 is 40.8 Å². The van der Waals surface area contributed by atoms with Crippen molar-refractivity contribution in [2.45, 2.75) is 85.5 Å². The van der Waals surface area contributed by atoms with E-state index < -0.39 is 5.97 Å². The van der Waals surface area contributed by atoms with Gasteiger partial charge < -0.3 is 9.84 Å². The Balaban J connectivity index is 2.90. The lowest BCUT2D eigenvalue weighted by Crippen LogP contribution is -2.28. The second kappa shape index (κ2) is 17.1. The Bertz CT molecular complexity index is 901. The van der Waals surface area contributed by atoms with E-state index in [2.05, 4.69) is 20.8 Å². The molecule has 35 heavy (non-hydrogen) atoms. The van der Waals surface area contributed by atoms with Gasteiger partial charge in [0.1, 0.15) is 10.5 Å². The molecule has 0 aliphatic carbocycles. The van der Waals surface area contributed by atoms with Gasteiger partial charge in [-0.1, -0.05) is 45.8 Å². The van der Waals surface area contributed by atoms with E-state index >= 15 is 0 Å². The molecule has 0 spiro atoms. The Morgan fingerprint density at radius 1 is 1.09 bits per heavy atom. The van der Waals surface area contributed by atoms with Crippen molar-refractivity contribution in [3.63, 3.8) is 0 Å². The molecule has 0 aromatic carbocycles. The Morgan fingerprint density at radius 3 is 2.43 bits per heavy atom. The highest BCUT2D eigenvalue weighted by atomic mass is 32.2. The maximum Gasteiger partial charge on any atom is 0.330 e. The van der Waals surface area contributed by atoms with E-state index in [1.807, 2.05) is 6.92 Å². The molecule has 1 aromatic rings. The van der Waals surface area contributed by atoms with Crippen LogP contribution >= 0.6 is 24.0 Å². The van der Waals surface area contributed by atoms with Crippen molar-refractivity contribution in [1.82, 2.24) is 9.13 Å². The van der Waals surface area contributed by atoms with Crippen LogP contribution in [0.15, 0.2) is 9.79 Å². The lowest BCUT2D eigenvalue weighted by atomic mass is 9.99. The first kappa shape index (κ1) is 31.6. The number of aliphatic imine (C=N–C) groups is 1. The van der Waals surface area contributed by atoms with Gasteiger partial charge in [0, 0.05) is 45.2 Å². The molecule has 0 saturated heterocycles. The number of carboxylic acids is 1. The minimum atomic E-state index is -0.754. The number of hydrogen-bond acceptors (Lipinski definition) is 6. The zero-order chi connectivity index (χ0) is 26.4. The van der Waals surface area contributed by atoms with Crippen LogP contribution in [0.5, 0.6) is 0 Å². The maximum absolute atomic E-state index is 12.6. The lowest BCUT2D eigenvalue weighted by molar-refractivity contribution is -0.137. The first-order valence-electron chi connectivity index (χ1n) is 12.9. The third kappa shape index (κ3) is 11.4. The number of nitrogens with zero attached hydrogens (tertiary/aromatic N) is 3. The van der Waals surface area contributed by atoms with Crippen LogP contribution in [0.25, 0.3) is 0 Å². The summed E-state index contributed by atoms with van der Waals surface area (Å²) < 4.78 is 9.27. The van der Waals surface area contributed by atoms with Gasteiger partial charge in [-0.05, 0) is 57.1 Å². The molecule has 0 fully saturated rings. The highest BCUT2D eigenvalue weighted by Gasteiger charge is 2.18. The number of carboxylic acid groups (broad SMARTS) is 1. The molecule has 0 radical (unpaired) electrons. The molecule has 1 rings (SSSR count). The van der Waals surface area contributed by atoms with Crippen molar-refractivity contribution < 1.29 is 14.6 Å². The average Bonchev–Trinajstić information content (AvgIpc) is 2.81. The first-order chi connectivity index (χ1) is 16.6. The van der Waals surface area contributed by atoms with Crippen LogP contribution in [0.1, 0.15) is 84.1 Å². The zero-order valence-corrected chi connectivity index (χ0v) is 24.1. The molecule has 1 unspecified atom stereocenters. The summed E-state index contributed by atoms with van der Waals surface area (Å²) in [5.74, 6) is 1.71. The Kier molecular flexibility index (Phi) is 15.4. The molecule has 0 amide bonds. The first-order valence-corrected chi connectivity index (χ1v) is 14.3. The summed E-state index contributed by atoms with van der Waals surface area (Å²) in [4.78, 5) is 28.5. The molecule has 1 N–H and O–H groups in total. The van der Waals surface area contributed by atoms with Gasteiger partial charge in [-0.15, -0.1) is 11.8 Å². The van der Waals surface area contributed by atoms with Gasteiger partial charge in [0.15, 0.2) is 0 Å². The van der Waals surface area contributed by atoms with Gasteiger partial charge in [0.05, 0.1) is 5.04 Å². The molecule has 0 saturated carbocycles. The Hall–Kier alpha value is -1.45. The molecule has 0 bridgehead atoms. The van der Waals surface area contributed by atoms with Crippen molar-refractivity contribution in [1.29, 1.82) is 0 Å². The zero-order valence-electron chi connectivity index (χ0n) is 22.5. The molecule has 0 aliphatic rings. The van der Waals surface area contributed by atoms with Crippen LogP contribution in [-0.4, -0.2) is 44.2 Å². The number of aromatic nitrogens is 2. The van der Waals surface area contributed by atoms with Crippen LogP contribution in [-0.2, 0) is 23.6 Å². The van der Waals surface area contributed by atoms with Crippen molar-refractivity contribution in [3.05, 3.63) is 20.7 Å². The topological polar surface area (TPSA) is 85.8 Å². The van der Waals surface area contributed by atoms with Crippen LogP contribution in [0.4, 0.5) is 5.82 Å². The number of unbranched alkanes of at least 4 members (excludes halogenated alkanes) is 3. The minimum Gasteiger partial charge on any atom is -0.481 e. The quantitative estimate of drug-likeness (QED) is 0.109. The van der Waals surface area contributed by atoms with Crippen LogP contribution in [0.2, 0.25) is 0 Å². The molecular weight excluding hydrogens is 482 g/mol. The maximum atomic E-state index is 12.6. The summed E-state index contributed by atoms with van der Waals surface area (Å²) in [6.45, 7) is 10.1. The van der Waals surface area contributed by atoms with E-state index in [0.29, 0.717) is 22.8 Å². The fourth-order valence-electron chi connectivity index (χ4n) is 3.76. The normalized spacial score (nSPS) is 12.9. The Morgan fingerprint density at radius 2 is 1.80 bits per heavy atom. The van der Waals surface area contributed by atoms with E-state index in [1.165, 1.54) is 4.57 Å². The van der Waals surface area contributed by atoms with E-state index in [1.54, 1.807) is 30.4 Å². The molecule has 9 heteroatoms. The number of ether oxygens (including phenoxy) is 1. The highest BCUT2D eigenvalue weighted by Crippen LogP contribution is 2.28. The fourth-order valence-corrected chi connectivity index (χ4v) is 5.15. The predicted molar refractivity (Wildman–Crippen MR) is 150 cm³/mol. The molecular formula is C26H45N3O4S2. The van der Waals surface area contributed by atoms with Crippen molar-refractivity contribution in [2.24, 2.45) is 30.9 Å². The predicted octanol–water partition coefficient (Wildman–Crippen LogP) is 6.43. The molecule has 1 aromatic heterocycles. The Labute approximate surface area is 220 Å². The number of aliphatic carboxylic acids is 1. The molecule has 200 valence electrons. The lowest BCUT2D eigenvalue weighted by Gasteiger charge is -2.19. The monoisotopic (exact) mass is 527 g/mol. The highest BCUT2D eigenvalue weighted by molar-refractivity contribution is 8.14. The molecule has 1 heterocycles. The fraction of sp³-hybridized carbons (Fsp3) is 0.769. The van der Waals surface area contributed by atoms with E-state index in [-0.39, 0.29) is 18.0 Å². The van der Waals surface area contributed by atoms with Gasteiger partial charge >= 0.3 is 11.7 Å². The van der Waals surface area contributed by atoms with Crippen molar-refractivity contribution in [2.75, 3.05) is 19.0 Å². The summed E-state index contributed by atoms with van der Waals surface area (Å²) >= 11 is 7.23. The van der Waals surface area contributed by atoms with Crippen molar-refractivity contribution in [3.8, 4) is 0 Å². The van der Waals surface area contributed by atoms with Crippen LogP contribution in [0, 0.1) is 23.4 Å². The number of thioether (sulfide) groups is 1. The molecule has 1 atom stereocenters. The second-order valence-electron chi connectivity index (χ2n) is 9.55. The molecule has 0 aliphatic heterocycles. The number of hydrogen-bond donors (Lipinski definition) is 1. The summed E-state index contributed by atoms with van der Waals surface area (Å²) in [5.41, 5.74) is 0.637.